The Hall–Kier alpha value is -1.62. The molecule has 0 spiro atoms. The lowest BCUT2D eigenvalue weighted by Crippen LogP contribution is -2.38. The molecule has 1 unspecified atom stereocenters. The van der Waals surface area contributed by atoms with E-state index in [0.717, 1.165) is 30.6 Å². The van der Waals surface area contributed by atoms with E-state index in [0.29, 0.717) is 5.02 Å². The first kappa shape index (κ1) is 18.7. The lowest BCUT2D eigenvalue weighted by Gasteiger charge is -2.24. The van der Waals surface area contributed by atoms with Gasteiger partial charge in [-0.15, -0.1) is 12.4 Å². The van der Waals surface area contributed by atoms with Gasteiger partial charge in [0.15, 0.2) is 0 Å². The van der Waals surface area contributed by atoms with Crippen molar-refractivity contribution in [3.63, 3.8) is 0 Å². The normalized spacial score (nSPS) is 16.5. The van der Waals surface area contributed by atoms with Crippen molar-refractivity contribution < 1.29 is 9.18 Å². The van der Waals surface area contributed by atoms with Crippen LogP contribution in [0, 0.1) is 5.82 Å². The molecule has 0 aromatic heterocycles. The van der Waals surface area contributed by atoms with Crippen molar-refractivity contribution in [3.05, 3.63) is 58.9 Å². The zero-order valence-corrected chi connectivity index (χ0v) is 14.8. The number of carbonyl (C=O) groups excluding carboxylic acids is 1. The van der Waals surface area contributed by atoms with Gasteiger partial charge < -0.3 is 10.2 Å². The van der Waals surface area contributed by atoms with E-state index < -0.39 is 5.82 Å². The second-order valence-electron chi connectivity index (χ2n) is 5.76. The van der Waals surface area contributed by atoms with Crippen LogP contribution in [0.25, 0.3) is 11.1 Å². The second-order valence-corrected chi connectivity index (χ2v) is 6.20. The molecule has 0 radical (unpaired) electrons. The van der Waals surface area contributed by atoms with Crippen LogP contribution >= 0.6 is 24.0 Å². The van der Waals surface area contributed by atoms with Crippen LogP contribution in [0.4, 0.5) is 4.39 Å². The summed E-state index contributed by atoms with van der Waals surface area (Å²) in [4.78, 5) is 14.1. The lowest BCUT2D eigenvalue weighted by molar-refractivity contribution is 0.0739. The van der Waals surface area contributed by atoms with Crippen molar-refractivity contribution in [2.75, 3.05) is 20.1 Å². The van der Waals surface area contributed by atoms with Gasteiger partial charge >= 0.3 is 0 Å². The largest absolute Gasteiger partial charge is 0.337 e. The number of nitrogens with zero attached hydrogens (tertiary/aromatic N) is 1. The minimum atomic E-state index is -0.500. The van der Waals surface area contributed by atoms with E-state index in [1.807, 2.05) is 12.1 Å². The monoisotopic (exact) mass is 368 g/mol. The summed E-state index contributed by atoms with van der Waals surface area (Å²) in [6, 6.07) is 12.0. The number of hydrogen-bond acceptors (Lipinski definition) is 2. The van der Waals surface area contributed by atoms with Gasteiger partial charge in [-0.05, 0) is 48.4 Å². The fourth-order valence-corrected chi connectivity index (χ4v) is 2.96. The maximum Gasteiger partial charge on any atom is 0.256 e. The van der Waals surface area contributed by atoms with Crippen LogP contribution in [0.15, 0.2) is 42.5 Å². The molecule has 128 valence electrons. The summed E-state index contributed by atoms with van der Waals surface area (Å²) in [5.74, 6) is -0.779. The molecule has 0 aliphatic carbocycles. The van der Waals surface area contributed by atoms with Gasteiger partial charge in [0.2, 0.25) is 0 Å². The molecule has 24 heavy (non-hydrogen) atoms. The molecule has 3 nitrogen and oxygen atoms in total. The average Bonchev–Trinajstić information content (AvgIpc) is 3.08. The number of hydrogen-bond donors (Lipinski definition) is 1. The topological polar surface area (TPSA) is 32.3 Å². The van der Waals surface area contributed by atoms with Gasteiger partial charge in [0.1, 0.15) is 5.82 Å². The van der Waals surface area contributed by atoms with Crippen molar-refractivity contribution in [3.8, 4) is 11.1 Å². The molecule has 1 aliphatic rings. The SMILES string of the molecule is CN(C(=O)c1ccc(-c2ccc(Cl)cc2)cc1F)C1CCNC1.Cl. The first-order valence-corrected chi connectivity index (χ1v) is 7.97. The zero-order valence-electron chi connectivity index (χ0n) is 13.3. The third-order valence-corrected chi connectivity index (χ3v) is 4.53. The number of nitrogens with one attached hydrogen (secondary N) is 1. The Bertz CT molecular complexity index is 715. The van der Waals surface area contributed by atoms with Gasteiger partial charge in [0, 0.05) is 24.7 Å². The summed E-state index contributed by atoms with van der Waals surface area (Å²) >= 11 is 5.86. The highest BCUT2D eigenvalue weighted by atomic mass is 35.5. The van der Waals surface area contributed by atoms with Crippen LogP contribution in [0.1, 0.15) is 16.8 Å². The fraction of sp³-hybridized carbons (Fsp3) is 0.278. The Labute approximate surface area is 152 Å². The first-order valence-electron chi connectivity index (χ1n) is 7.59. The van der Waals surface area contributed by atoms with E-state index in [9.17, 15) is 9.18 Å². The molecule has 3 rings (SSSR count). The Morgan fingerprint density at radius 3 is 2.46 bits per heavy atom. The maximum atomic E-state index is 14.4. The maximum absolute atomic E-state index is 14.4. The molecular weight excluding hydrogens is 350 g/mol. The molecule has 1 amide bonds. The van der Waals surface area contributed by atoms with E-state index in [1.54, 1.807) is 36.2 Å². The lowest BCUT2D eigenvalue weighted by atomic mass is 10.0. The third kappa shape index (κ3) is 3.89. The molecule has 1 N–H and O–H groups in total. The summed E-state index contributed by atoms with van der Waals surface area (Å²) in [6.45, 7) is 1.65. The summed E-state index contributed by atoms with van der Waals surface area (Å²) in [7, 11) is 1.73. The summed E-state index contributed by atoms with van der Waals surface area (Å²) in [6.07, 6.45) is 0.896. The predicted octanol–water partition coefficient (Wildman–Crippen LogP) is 4.00. The highest BCUT2D eigenvalue weighted by Gasteiger charge is 2.25. The number of likely N-dealkylation sites (N-methyl/N-ethyl adjacent to an activating group) is 1. The number of benzene rings is 2. The van der Waals surface area contributed by atoms with Gasteiger partial charge in [-0.1, -0.05) is 29.8 Å². The molecule has 6 heteroatoms. The standard InChI is InChI=1S/C18H18ClFN2O.ClH/c1-22(15-8-9-21-11-15)18(23)16-7-4-13(10-17(16)20)12-2-5-14(19)6-3-12;/h2-7,10,15,21H,8-9,11H2,1H3;1H. The Morgan fingerprint density at radius 2 is 1.88 bits per heavy atom. The molecule has 0 bridgehead atoms. The van der Waals surface area contributed by atoms with Gasteiger partial charge in [0.05, 0.1) is 5.56 Å². The molecule has 1 heterocycles. The highest BCUT2D eigenvalue weighted by molar-refractivity contribution is 6.30. The number of amides is 1. The van der Waals surface area contributed by atoms with Gasteiger partial charge in [-0.2, -0.15) is 0 Å². The summed E-state index contributed by atoms with van der Waals surface area (Å²) in [5, 5.41) is 3.84. The van der Waals surface area contributed by atoms with Crippen LogP contribution in [-0.2, 0) is 0 Å². The minimum absolute atomic E-state index is 0. The van der Waals surface area contributed by atoms with E-state index in [4.69, 9.17) is 11.6 Å². The smallest absolute Gasteiger partial charge is 0.256 e. The Morgan fingerprint density at radius 1 is 1.21 bits per heavy atom. The zero-order chi connectivity index (χ0) is 16.4. The van der Waals surface area contributed by atoms with Crippen LogP contribution in [0.3, 0.4) is 0 Å². The molecule has 1 aliphatic heterocycles. The quantitative estimate of drug-likeness (QED) is 0.887. The van der Waals surface area contributed by atoms with E-state index in [2.05, 4.69) is 5.32 Å². The molecule has 1 saturated heterocycles. The van der Waals surface area contributed by atoms with Crippen molar-refractivity contribution >= 4 is 29.9 Å². The fourth-order valence-electron chi connectivity index (χ4n) is 2.84. The third-order valence-electron chi connectivity index (χ3n) is 4.28. The molecule has 0 saturated carbocycles. The van der Waals surface area contributed by atoms with Crippen molar-refractivity contribution in [1.82, 2.24) is 10.2 Å². The molecule has 1 fully saturated rings. The van der Waals surface area contributed by atoms with E-state index >= 15 is 0 Å². The molecule has 2 aromatic carbocycles. The summed E-state index contributed by atoms with van der Waals surface area (Å²) < 4.78 is 14.4. The van der Waals surface area contributed by atoms with Crippen molar-refractivity contribution in [1.29, 1.82) is 0 Å². The van der Waals surface area contributed by atoms with Crippen LogP contribution in [0.5, 0.6) is 0 Å². The van der Waals surface area contributed by atoms with Crippen molar-refractivity contribution in [2.45, 2.75) is 12.5 Å². The molecular formula is C18H19Cl2FN2O. The Kier molecular flexibility index (Phi) is 6.21. The van der Waals surface area contributed by atoms with Gasteiger partial charge in [-0.25, -0.2) is 4.39 Å². The van der Waals surface area contributed by atoms with Crippen molar-refractivity contribution in [2.24, 2.45) is 0 Å². The molecule has 2 aromatic rings. The van der Waals surface area contributed by atoms with E-state index in [-0.39, 0.29) is 29.9 Å². The minimum Gasteiger partial charge on any atom is -0.337 e. The van der Waals surface area contributed by atoms with E-state index in [1.165, 1.54) is 6.07 Å². The number of halogens is 3. The number of carbonyl (C=O) groups is 1. The second kappa shape index (κ2) is 7.97. The first-order chi connectivity index (χ1) is 11.1. The summed E-state index contributed by atoms with van der Waals surface area (Å²) in [5.41, 5.74) is 1.69. The Balaban J connectivity index is 0.00000208. The van der Waals surface area contributed by atoms with Gasteiger partial charge in [0.25, 0.3) is 5.91 Å². The highest BCUT2D eigenvalue weighted by Crippen LogP contribution is 2.24. The van der Waals surface area contributed by atoms with Crippen LogP contribution in [0.2, 0.25) is 5.02 Å². The van der Waals surface area contributed by atoms with Crippen LogP contribution in [-0.4, -0.2) is 37.0 Å². The van der Waals surface area contributed by atoms with Crippen LogP contribution < -0.4 is 5.32 Å². The van der Waals surface area contributed by atoms with Gasteiger partial charge in [-0.3, -0.25) is 4.79 Å². The molecule has 1 atom stereocenters. The average molecular weight is 369 g/mol. The number of rotatable bonds is 3. The predicted molar refractivity (Wildman–Crippen MR) is 97.5 cm³/mol.